The molecule has 0 spiro atoms. The minimum absolute atomic E-state index is 0.0193. The summed E-state index contributed by atoms with van der Waals surface area (Å²) in [6.45, 7) is 2.56. The van der Waals surface area contributed by atoms with Crippen LogP contribution >= 0.6 is 0 Å². The van der Waals surface area contributed by atoms with E-state index >= 15 is 0 Å². The number of hydrogen-bond acceptors (Lipinski definition) is 4. The van der Waals surface area contributed by atoms with Gasteiger partial charge >= 0.3 is 0 Å². The second-order valence-corrected chi connectivity index (χ2v) is 6.98. The number of fused-ring (bicyclic) bond motifs is 1. The minimum atomic E-state index is -3.38. The molecule has 0 amide bonds. The lowest BCUT2D eigenvalue weighted by atomic mass is 10.1. The molecular weight excluding hydrogens is 264 g/mol. The summed E-state index contributed by atoms with van der Waals surface area (Å²) in [5.74, 6) is 0. The number of hydrogen-bond donors (Lipinski definition) is 1. The molecule has 2 aliphatic heterocycles. The number of nitrogens with one attached hydrogen (secondary N) is 1. The molecule has 0 bridgehead atoms. The zero-order chi connectivity index (χ0) is 13.5. The Hall–Kier alpha value is -0.950. The van der Waals surface area contributed by atoms with E-state index in [1.807, 2.05) is 6.07 Å². The zero-order valence-electron chi connectivity index (χ0n) is 10.9. The first kappa shape index (κ1) is 13.1. The van der Waals surface area contributed by atoms with E-state index in [-0.39, 0.29) is 6.10 Å². The summed E-state index contributed by atoms with van der Waals surface area (Å²) in [7, 11) is -1.75. The summed E-state index contributed by atoms with van der Waals surface area (Å²) in [4.78, 5) is 0.395. The Labute approximate surface area is 113 Å². The Morgan fingerprint density at radius 1 is 1.32 bits per heavy atom. The monoisotopic (exact) mass is 282 g/mol. The Morgan fingerprint density at radius 3 is 2.84 bits per heavy atom. The second-order valence-electron chi connectivity index (χ2n) is 5.04. The van der Waals surface area contributed by atoms with Crippen molar-refractivity contribution in [2.24, 2.45) is 0 Å². The molecule has 1 aromatic carbocycles. The van der Waals surface area contributed by atoms with Crippen LogP contribution in [-0.2, 0) is 27.8 Å². The maximum atomic E-state index is 12.5. The van der Waals surface area contributed by atoms with Gasteiger partial charge in [-0.1, -0.05) is 6.07 Å². The lowest BCUT2D eigenvalue weighted by molar-refractivity contribution is 0.115. The number of methoxy groups -OCH3 is 1. The normalized spacial score (nSPS) is 23.7. The summed E-state index contributed by atoms with van der Waals surface area (Å²) in [6.07, 6.45) is 0.785. The summed E-state index contributed by atoms with van der Waals surface area (Å²) < 4.78 is 31.8. The lowest BCUT2D eigenvalue weighted by Gasteiger charge is -2.16. The van der Waals surface area contributed by atoms with Gasteiger partial charge in [0.1, 0.15) is 0 Å². The van der Waals surface area contributed by atoms with Gasteiger partial charge in [0.05, 0.1) is 11.0 Å². The molecule has 2 heterocycles. The summed E-state index contributed by atoms with van der Waals surface area (Å²) in [5.41, 5.74) is 2.28. The predicted octanol–water partition coefficient (Wildman–Crippen LogP) is 0.699. The van der Waals surface area contributed by atoms with Crippen LogP contribution in [0.4, 0.5) is 0 Å². The highest BCUT2D eigenvalue weighted by Gasteiger charge is 2.32. The summed E-state index contributed by atoms with van der Waals surface area (Å²) >= 11 is 0. The fourth-order valence-electron chi connectivity index (χ4n) is 2.69. The second kappa shape index (κ2) is 4.86. The lowest BCUT2D eigenvalue weighted by Crippen LogP contribution is -2.30. The van der Waals surface area contributed by atoms with E-state index in [0.717, 1.165) is 25.1 Å². The van der Waals surface area contributed by atoms with Crippen LogP contribution in [-0.4, -0.2) is 39.0 Å². The molecule has 0 aliphatic carbocycles. The Bertz CT molecular complexity index is 586. The Morgan fingerprint density at radius 2 is 2.11 bits per heavy atom. The molecule has 1 aromatic rings. The molecule has 1 unspecified atom stereocenters. The predicted molar refractivity (Wildman–Crippen MR) is 71.2 cm³/mol. The standard InChI is InChI=1S/C13H18N2O3S/c1-18-12-4-5-15(9-12)19(16,17)13-3-2-10-7-14-8-11(10)6-13/h2-3,6,12,14H,4-5,7-9H2,1H3. The Balaban J connectivity index is 1.88. The van der Waals surface area contributed by atoms with Crippen molar-refractivity contribution in [1.29, 1.82) is 0 Å². The van der Waals surface area contributed by atoms with Gasteiger partial charge in [0.25, 0.3) is 0 Å². The fourth-order valence-corrected chi connectivity index (χ4v) is 4.23. The fraction of sp³-hybridized carbons (Fsp3) is 0.538. The molecule has 104 valence electrons. The van der Waals surface area contributed by atoms with E-state index in [9.17, 15) is 8.42 Å². The molecule has 1 fully saturated rings. The maximum absolute atomic E-state index is 12.5. The Kier molecular flexibility index (Phi) is 3.34. The number of ether oxygens (including phenoxy) is 1. The quantitative estimate of drug-likeness (QED) is 0.886. The first-order valence-electron chi connectivity index (χ1n) is 6.47. The van der Waals surface area contributed by atoms with Crippen molar-refractivity contribution in [3.8, 4) is 0 Å². The topological polar surface area (TPSA) is 58.6 Å². The van der Waals surface area contributed by atoms with Crippen LogP contribution in [0, 0.1) is 0 Å². The molecule has 5 nitrogen and oxygen atoms in total. The smallest absolute Gasteiger partial charge is 0.243 e. The van der Waals surface area contributed by atoms with Gasteiger partial charge in [-0.25, -0.2) is 8.42 Å². The largest absolute Gasteiger partial charge is 0.380 e. The summed E-state index contributed by atoms with van der Waals surface area (Å²) in [5, 5.41) is 3.22. The van der Waals surface area contributed by atoms with Crippen LogP contribution in [0.25, 0.3) is 0 Å². The van der Waals surface area contributed by atoms with E-state index in [1.54, 1.807) is 19.2 Å². The highest BCUT2D eigenvalue weighted by molar-refractivity contribution is 7.89. The molecule has 19 heavy (non-hydrogen) atoms. The van der Waals surface area contributed by atoms with Crippen LogP contribution in [0.2, 0.25) is 0 Å². The molecule has 0 radical (unpaired) electrons. The molecule has 6 heteroatoms. The van der Waals surface area contributed by atoms with Gasteiger partial charge in [-0.15, -0.1) is 0 Å². The van der Waals surface area contributed by atoms with Gasteiger partial charge in [0.2, 0.25) is 10.0 Å². The van der Waals surface area contributed by atoms with Gasteiger partial charge in [0.15, 0.2) is 0 Å². The minimum Gasteiger partial charge on any atom is -0.380 e. The molecule has 2 aliphatic rings. The molecule has 0 saturated carbocycles. The summed E-state index contributed by atoms with van der Waals surface area (Å²) in [6, 6.07) is 5.41. The maximum Gasteiger partial charge on any atom is 0.243 e. The SMILES string of the molecule is COC1CCN(S(=O)(=O)c2ccc3c(c2)CNC3)C1. The van der Waals surface area contributed by atoms with Crippen LogP contribution in [0.5, 0.6) is 0 Å². The first-order chi connectivity index (χ1) is 9.11. The highest BCUT2D eigenvalue weighted by Crippen LogP contribution is 2.25. The average molecular weight is 282 g/mol. The molecule has 1 atom stereocenters. The van der Waals surface area contributed by atoms with Gasteiger partial charge in [-0.05, 0) is 29.7 Å². The van der Waals surface area contributed by atoms with Crippen LogP contribution in [0.1, 0.15) is 17.5 Å². The number of benzene rings is 1. The molecule has 1 saturated heterocycles. The highest BCUT2D eigenvalue weighted by atomic mass is 32.2. The van der Waals surface area contributed by atoms with Gasteiger partial charge in [0, 0.05) is 33.3 Å². The van der Waals surface area contributed by atoms with E-state index in [1.165, 1.54) is 9.87 Å². The van der Waals surface area contributed by atoms with E-state index in [0.29, 0.717) is 18.0 Å². The number of rotatable bonds is 3. The first-order valence-corrected chi connectivity index (χ1v) is 7.91. The van der Waals surface area contributed by atoms with Crippen molar-refractivity contribution in [1.82, 2.24) is 9.62 Å². The van der Waals surface area contributed by atoms with Crippen LogP contribution < -0.4 is 5.32 Å². The van der Waals surface area contributed by atoms with E-state index in [4.69, 9.17) is 4.74 Å². The van der Waals surface area contributed by atoms with Crippen molar-refractivity contribution in [2.75, 3.05) is 20.2 Å². The average Bonchev–Trinajstić information content (AvgIpc) is 3.06. The number of nitrogens with zero attached hydrogens (tertiary/aromatic N) is 1. The van der Waals surface area contributed by atoms with Crippen LogP contribution in [0.3, 0.4) is 0 Å². The molecular formula is C13H18N2O3S. The van der Waals surface area contributed by atoms with Crippen molar-refractivity contribution in [2.45, 2.75) is 30.5 Å². The number of sulfonamides is 1. The van der Waals surface area contributed by atoms with E-state index < -0.39 is 10.0 Å². The van der Waals surface area contributed by atoms with Crippen LogP contribution in [0.15, 0.2) is 23.1 Å². The van der Waals surface area contributed by atoms with Crippen molar-refractivity contribution in [3.63, 3.8) is 0 Å². The molecule has 1 N–H and O–H groups in total. The van der Waals surface area contributed by atoms with Crippen molar-refractivity contribution in [3.05, 3.63) is 29.3 Å². The molecule has 3 rings (SSSR count). The third kappa shape index (κ3) is 2.29. The van der Waals surface area contributed by atoms with Gasteiger partial charge in [-0.2, -0.15) is 4.31 Å². The molecule has 0 aromatic heterocycles. The zero-order valence-corrected chi connectivity index (χ0v) is 11.7. The van der Waals surface area contributed by atoms with Gasteiger partial charge < -0.3 is 10.1 Å². The van der Waals surface area contributed by atoms with Crippen molar-refractivity contribution >= 4 is 10.0 Å². The van der Waals surface area contributed by atoms with Crippen molar-refractivity contribution < 1.29 is 13.2 Å². The van der Waals surface area contributed by atoms with Gasteiger partial charge in [-0.3, -0.25) is 0 Å². The third-order valence-electron chi connectivity index (χ3n) is 3.89. The third-order valence-corrected chi connectivity index (χ3v) is 5.75. The van der Waals surface area contributed by atoms with E-state index in [2.05, 4.69) is 5.32 Å².